The Morgan fingerprint density at radius 3 is 2.78 bits per heavy atom. The Morgan fingerprint density at radius 1 is 1.28 bits per heavy atom. The van der Waals surface area contributed by atoms with E-state index in [0.29, 0.717) is 5.25 Å². The van der Waals surface area contributed by atoms with Crippen LogP contribution in [0.5, 0.6) is 0 Å². The Morgan fingerprint density at radius 2 is 2.06 bits per heavy atom. The van der Waals surface area contributed by atoms with E-state index in [1.54, 1.807) is 23.1 Å². The first-order valence-electron chi connectivity index (χ1n) is 6.08. The fourth-order valence-electron chi connectivity index (χ4n) is 1.50. The summed E-state index contributed by atoms with van der Waals surface area (Å²) in [7, 11) is 0. The van der Waals surface area contributed by atoms with Gasteiger partial charge >= 0.3 is 0 Å². The molecule has 1 unspecified atom stereocenters. The lowest BCUT2D eigenvalue weighted by atomic mass is 10.2. The number of thioether (sulfide) groups is 1. The molecule has 1 aromatic carbocycles. The Kier molecular flexibility index (Phi) is 5.01. The number of benzene rings is 1. The van der Waals surface area contributed by atoms with E-state index in [1.165, 1.54) is 5.56 Å². The average molecular weight is 279 g/mol. The van der Waals surface area contributed by atoms with Crippen LogP contribution >= 0.6 is 23.1 Å². The van der Waals surface area contributed by atoms with Crippen molar-refractivity contribution in [3.63, 3.8) is 0 Å². The van der Waals surface area contributed by atoms with Gasteiger partial charge in [0.25, 0.3) is 0 Å². The van der Waals surface area contributed by atoms with Crippen LogP contribution in [-0.2, 0) is 0 Å². The molecule has 5 heteroatoms. The summed E-state index contributed by atoms with van der Waals surface area (Å²) < 4.78 is 1.02. The quantitative estimate of drug-likeness (QED) is 0.804. The van der Waals surface area contributed by atoms with Gasteiger partial charge in [0.2, 0.25) is 5.13 Å². The minimum Gasteiger partial charge on any atom is -0.360 e. The molecule has 0 fully saturated rings. The first-order chi connectivity index (χ1) is 8.79. The molecule has 0 aliphatic carbocycles. The number of rotatable bonds is 6. The molecule has 3 nitrogen and oxygen atoms in total. The SMILES string of the molecule is CCCNc1nnc(SC(C)c2ccccc2)s1. The second-order valence-electron chi connectivity index (χ2n) is 3.97. The maximum atomic E-state index is 4.20. The van der Waals surface area contributed by atoms with Crippen LogP contribution in [0.25, 0.3) is 0 Å². The zero-order valence-corrected chi connectivity index (χ0v) is 12.2. The maximum Gasteiger partial charge on any atom is 0.206 e. The fourth-order valence-corrected chi connectivity index (χ4v) is 3.55. The molecular weight excluding hydrogens is 262 g/mol. The summed E-state index contributed by atoms with van der Waals surface area (Å²) in [6, 6.07) is 10.5. The molecule has 96 valence electrons. The number of nitrogens with zero attached hydrogens (tertiary/aromatic N) is 2. The van der Waals surface area contributed by atoms with E-state index in [4.69, 9.17) is 0 Å². The van der Waals surface area contributed by atoms with Crippen molar-refractivity contribution < 1.29 is 0 Å². The molecular formula is C13H17N3S2. The Bertz CT molecular complexity index is 470. The topological polar surface area (TPSA) is 37.8 Å². The van der Waals surface area contributed by atoms with Gasteiger partial charge in [0.15, 0.2) is 4.34 Å². The first-order valence-corrected chi connectivity index (χ1v) is 7.78. The minimum atomic E-state index is 0.401. The largest absolute Gasteiger partial charge is 0.360 e. The molecule has 1 heterocycles. The van der Waals surface area contributed by atoms with Gasteiger partial charge in [0, 0.05) is 11.8 Å². The number of aromatic nitrogens is 2. The molecule has 0 amide bonds. The smallest absolute Gasteiger partial charge is 0.206 e. The summed E-state index contributed by atoms with van der Waals surface area (Å²) in [5.74, 6) is 0. The van der Waals surface area contributed by atoms with E-state index in [-0.39, 0.29) is 0 Å². The molecule has 0 bridgehead atoms. The van der Waals surface area contributed by atoms with Gasteiger partial charge in [-0.25, -0.2) is 0 Å². The van der Waals surface area contributed by atoms with Crippen molar-refractivity contribution in [3.05, 3.63) is 35.9 Å². The first kappa shape index (κ1) is 13.4. The molecule has 2 aromatic rings. The molecule has 0 saturated heterocycles. The van der Waals surface area contributed by atoms with Gasteiger partial charge in [-0.05, 0) is 18.9 Å². The number of nitrogens with one attached hydrogen (secondary N) is 1. The zero-order chi connectivity index (χ0) is 12.8. The van der Waals surface area contributed by atoms with Crippen molar-refractivity contribution in [2.45, 2.75) is 29.9 Å². The predicted octanol–water partition coefficient (Wildman–Crippen LogP) is 4.21. The van der Waals surface area contributed by atoms with Crippen molar-refractivity contribution in [2.24, 2.45) is 0 Å². The monoisotopic (exact) mass is 279 g/mol. The van der Waals surface area contributed by atoms with Gasteiger partial charge in [-0.15, -0.1) is 10.2 Å². The highest BCUT2D eigenvalue weighted by Crippen LogP contribution is 2.37. The summed E-state index contributed by atoms with van der Waals surface area (Å²) in [6.07, 6.45) is 1.10. The van der Waals surface area contributed by atoms with E-state index in [2.05, 4.69) is 53.6 Å². The number of hydrogen-bond donors (Lipinski definition) is 1. The third kappa shape index (κ3) is 3.71. The minimum absolute atomic E-state index is 0.401. The normalized spacial score (nSPS) is 12.3. The van der Waals surface area contributed by atoms with Crippen LogP contribution in [0.1, 0.15) is 31.1 Å². The van der Waals surface area contributed by atoms with E-state index >= 15 is 0 Å². The predicted molar refractivity (Wildman–Crippen MR) is 79.4 cm³/mol. The third-order valence-corrected chi connectivity index (χ3v) is 4.60. The molecule has 0 radical (unpaired) electrons. The summed E-state index contributed by atoms with van der Waals surface area (Å²) in [5, 5.41) is 12.9. The second-order valence-corrected chi connectivity index (χ2v) is 6.54. The van der Waals surface area contributed by atoms with Crippen LogP contribution in [0, 0.1) is 0 Å². The van der Waals surface area contributed by atoms with E-state index in [0.717, 1.165) is 22.4 Å². The lowest BCUT2D eigenvalue weighted by Crippen LogP contribution is -1.98. The van der Waals surface area contributed by atoms with Crippen LogP contribution < -0.4 is 5.32 Å². The van der Waals surface area contributed by atoms with Gasteiger partial charge in [0.1, 0.15) is 0 Å². The van der Waals surface area contributed by atoms with Crippen molar-refractivity contribution >= 4 is 28.2 Å². The van der Waals surface area contributed by atoms with Crippen LogP contribution in [-0.4, -0.2) is 16.7 Å². The summed E-state index contributed by atoms with van der Waals surface area (Å²) in [5.41, 5.74) is 1.32. The Balaban J connectivity index is 1.95. The van der Waals surface area contributed by atoms with Gasteiger partial charge in [-0.3, -0.25) is 0 Å². The standard InChI is InChI=1S/C13H17N3S2/c1-3-9-14-12-15-16-13(18-12)17-10(2)11-7-5-4-6-8-11/h4-8,10H,3,9H2,1-2H3,(H,14,15). The summed E-state index contributed by atoms with van der Waals surface area (Å²) >= 11 is 3.38. The highest BCUT2D eigenvalue weighted by Gasteiger charge is 2.11. The van der Waals surface area contributed by atoms with Crippen LogP contribution in [0.2, 0.25) is 0 Å². The fraction of sp³-hybridized carbons (Fsp3) is 0.385. The van der Waals surface area contributed by atoms with Crippen LogP contribution in [0.3, 0.4) is 0 Å². The molecule has 18 heavy (non-hydrogen) atoms. The molecule has 0 aliphatic heterocycles. The van der Waals surface area contributed by atoms with Crippen molar-refractivity contribution in [1.29, 1.82) is 0 Å². The van der Waals surface area contributed by atoms with Crippen molar-refractivity contribution in [1.82, 2.24) is 10.2 Å². The molecule has 1 N–H and O–H groups in total. The molecule has 0 spiro atoms. The zero-order valence-electron chi connectivity index (χ0n) is 10.6. The average Bonchev–Trinajstić information content (AvgIpc) is 2.85. The van der Waals surface area contributed by atoms with Gasteiger partial charge in [0.05, 0.1) is 0 Å². The molecule has 1 aromatic heterocycles. The van der Waals surface area contributed by atoms with E-state index in [1.807, 2.05) is 6.07 Å². The molecule has 0 aliphatic rings. The Labute approximate surface area is 116 Å². The lowest BCUT2D eigenvalue weighted by Gasteiger charge is -2.08. The molecule has 1 atom stereocenters. The third-order valence-electron chi connectivity index (χ3n) is 2.48. The highest BCUT2D eigenvalue weighted by atomic mass is 32.2. The summed E-state index contributed by atoms with van der Waals surface area (Å²) in [4.78, 5) is 0. The second kappa shape index (κ2) is 6.75. The molecule has 2 rings (SSSR count). The lowest BCUT2D eigenvalue weighted by molar-refractivity contribution is 0.949. The number of anilines is 1. The number of hydrogen-bond acceptors (Lipinski definition) is 5. The van der Waals surface area contributed by atoms with Gasteiger partial charge in [-0.1, -0.05) is 60.4 Å². The van der Waals surface area contributed by atoms with Crippen molar-refractivity contribution in [3.8, 4) is 0 Å². The van der Waals surface area contributed by atoms with E-state index in [9.17, 15) is 0 Å². The highest BCUT2D eigenvalue weighted by molar-refractivity contribution is 8.01. The molecule has 0 saturated carbocycles. The van der Waals surface area contributed by atoms with Crippen molar-refractivity contribution in [2.75, 3.05) is 11.9 Å². The van der Waals surface area contributed by atoms with Gasteiger partial charge < -0.3 is 5.32 Å². The summed E-state index contributed by atoms with van der Waals surface area (Å²) in [6.45, 7) is 5.29. The Hall–Kier alpha value is -1.07. The van der Waals surface area contributed by atoms with Gasteiger partial charge in [-0.2, -0.15) is 0 Å². The van der Waals surface area contributed by atoms with E-state index < -0.39 is 0 Å². The van der Waals surface area contributed by atoms with Crippen LogP contribution in [0.15, 0.2) is 34.7 Å². The maximum absolute atomic E-state index is 4.20. The van der Waals surface area contributed by atoms with Crippen LogP contribution in [0.4, 0.5) is 5.13 Å².